The third-order valence-corrected chi connectivity index (χ3v) is 7.19. The van der Waals surface area contributed by atoms with Gasteiger partial charge in [-0.2, -0.15) is 10.2 Å². The summed E-state index contributed by atoms with van der Waals surface area (Å²) in [6, 6.07) is 10.2. The Bertz CT molecular complexity index is 966. The van der Waals surface area contributed by atoms with E-state index in [2.05, 4.69) is 27.2 Å². The molecule has 3 fully saturated rings. The van der Waals surface area contributed by atoms with Gasteiger partial charge in [-0.05, 0) is 61.3 Å². The number of piperidine rings is 3. The molecule has 0 saturated carbocycles. The molecule has 162 valence electrons. The first-order valence-electron chi connectivity index (χ1n) is 11.1. The molecule has 2 aromatic rings. The van der Waals surface area contributed by atoms with Crippen molar-refractivity contribution in [1.82, 2.24) is 20.0 Å². The van der Waals surface area contributed by atoms with E-state index in [1.54, 1.807) is 19.4 Å². The number of benzene rings is 1. The van der Waals surface area contributed by atoms with Crippen LogP contribution in [0.15, 0.2) is 42.7 Å². The SMILES string of the molecule is COc1cccc(C[C@H]2[C@H]3C[C@H](CN(C(=O)c4ccnnc4)C3)[C@@H]3CCCC(=O)N32)c1. The third kappa shape index (κ3) is 3.77. The van der Waals surface area contributed by atoms with E-state index in [4.69, 9.17) is 4.74 Å². The highest BCUT2D eigenvalue weighted by molar-refractivity contribution is 5.94. The predicted molar refractivity (Wildman–Crippen MR) is 115 cm³/mol. The van der Waals surface area contributed by atoms with Crippen LogP contribution in [0.5, 0.6) is 5.75 Å². The average molecular weight is 421 g/mol. The van der Waals surface area contributed by atoms with Gasteiger partial charge in [-0.25, -0.2) is 0 Å². The Kier molecular flexibility index (Phi) is 5.34. The van der Waals surface area contributed by atoms with Gasteiger partial charge in [0.1, 0.15) is 5.75 Å². The summed E-state index contributed by atoms with van der Waals surface area (Å²) in [6.45, 7) is 1.38. The molecular weight excluding hydrogens is 392 g/mol. The van der Waals surface area contributed by atoms with E-state index in [0.29, 0.717) is 31.0 Å². The standard InChI is InChI=1S/C24H28N4O3/c1-31-20-5-2-4-16(10-20)11-22-19-12-18(21-6-3-7-23(29)28(21)22)14-27(15-19)24(30)17-8-9-25-26-13-17/h2,4-5,8-10,13,18-19,21-22H,3,6-7,11-12,14-15H2,1H3/t18-,19+,21+,22+/m1/s1. The molecule has 4 heterocycles. The lowest BCUT2D eigenvalue weighted by atomic mass is 9.70. The molecule has 5 rings (SSSR count). The fraction of sp³-hybridized carbons (Fsp3) is 0.500. The minimum Gasteiger partial charge on any atom is -0.497 e. The second kappa shape index (κ2) is 8.29. The zero-order valence-corrected chi connectivity index (χ0v) is 17.8. The number of ether oxygens (including phenoxy) is 1. The van der Waals surface area contributed by atoms with Gasteiger partial charge < -0.3 is 14.5 Å². The van der Waals surface area contributed by atoms with Crippen molar-refractivity contribution in [2.75, 3.05) is 20.2 Å². The number of hydrogen-bond donors (Lipinski definition) is 0. The van der Waals surface area contributed by atoms with Gasteiger partial charge in [0, 0.05) is 31.6 Å². The van der Waals surface area contributed by atoms with E-state index in [-0.39, 0.29) is 29.8 Å². The molecule has 3 aliphatic rings. The van der Waals surface area contributed by atoms with Crippen molar-refractivity contribution in [3.05, 3.63) is 53.9 Å². The Morgan fingerprint density at radius 3 is 2.87 bits per heavy atom. The number of amides is 2. The normalized spacial score (nSPS) is 27.6. The number of aromatic nitrogens is 2. The molecular formula is C24H28N4O3. The Labute approximate surface area is 182 Å². The van der Waals surface area contributed by atoms with Gasteiger partial charge in [-0.1, -0.05) is 12.1 Å². The van der Waals surface area contributed by atoms with Gasteiger partial charge in [0.2, 0.25) is 5.91 Å². The zero-order valence-electron chi connectivity index (χ0n) is 17.8. The lowest BCUT2D eigenvalue weighted by Crippen LogP contribution is -2.66. The molecule has 0 N–H and O–H groups in total. The minimum absolute atomic E-state index is 0.0142. The fourth-order valence-corrected chi connectivity index (χ4v) is 5.84. The van der Waals surface area contributed by atoms with Crippen molar-refractivity contribution in [1.29, 1.82) is 0 Å². The molecule has 1 aromatic heterocycles. The van der Waals surface area contributed by atoms with Crippen LogP contribution in [-0.2, 0) is 11.2 Å². The molecule has 2 amide bonds. The molecule has 7 nitrogen and oxygen atoms in total. The van der Waals surface area contributed by atoms with Crippen LogP contribution < -0.4 is 4.74 Å². The van der Waals surface area contributed by atoms with Gasteiger partial charge in [0.05, 0.1) is 25.1 Å². The Hall–Kier alpha value is -2.96. The summed E-state index contributed by atoms with van der Waals surface area (Å²) < 4.78 is 5.41. The summed E-state index contributed by atoms with van der Waals surface area (Å²) in [5.74, 6) is 1.72. The number of carbonyl (C=O) groups is 2. The minimum atomic E-state index is 0.0142. The summed E-state index contributed by atoms with van der Waals surface area (Å²) in [4.78, 5) is 30.4. The number of likely N-dealkylation sites (tertiary alicyclic amines) is 1. The predicted octanol–water partition coefficient (Wildman–Crippen LogP) is 2.57. The van der Waals surface area contributed by atoms with E-state index in [9.17, 15) is 9.59 Å². The van der Waals surface area contributed by atoms with Crippen molar-refractivity contribution in [3.63, 3.8) is 0 Å². The second-order valence-electron chi connectivity index (χ2n) is 8.98. The average Bonchev–Trinajstić information content (AvgIpc) is 2.82. The lowest BCUT2D eigenvalue weighted by Gasteiger charge is -2.56. The number of fused-ring (bicyclic) bond motifs is 4. The molecule has 1 aromatic carbocycles. The summed E-state index contributed by atoms with van der Waals surface area (Å²) >= 11 is 0. The second-order valence-corrected chi connectivity index (χ2v) is 8.98. The zero-order chi connectivity index (χ0) is 21.4. The Morgan fingerprint density at radius 2 is 2.06 bits per heavy atom. The van der Waals surface area contributed by atoms with Gasteiger partial charge in [0.15, 0.2) is 0 Å². The highest BCUT2D eigenvalue weighted by Crippen LogP contribution is 2.43. The molecule has 4 atom stereocenters. The number of hydrogen-bond acceptors (Lipinski definition) is 5. The molecule has 3 aliphatic heterocycles. The van der Waals surface area contributed by atoms with Crippen LogP contribution in [0.4, 0.5) is 0 Å². The maximum absolute atomic E-state index is 13.2. The van der Waals surface area contributed by atoms with Crippen LogP contribution in [0.3, 0.4) is 0 Å². The van der Waals surface area contributed by atoms with Crippen molar-refractivity contribution in [3.8, 4) is 5.75 Å². The number of rotatable bonds is 4. The van der Waals surface area contributed by atoms with E-state index in [0.717, 1.165) is 31.4 Å². The largest absolute Gasteiger partial charge is 0.497 e. The molecule has 0 unspecified atom stereocenters. The van der Waals surface area contributed by atoms with Gasteiger partial charge >= 0.3 is 0 Å². The quantitative estimate of drug-likeness (QED) is 0.760. The van der Waals surface area contributed by atoms with Gasteiger partial charge in [-0.15, -0.1) is 0 Å². The van der Waals surface area contributed by atoms with Crippen molar-refractivity contribution >= 4 is 11.8 Å². The molecule has 0 aliphatic carbocycles. The van der Waals surface area contributed by atoms with Crippen LogP contribution >= 0.6 is 0 Å². The Morgan fingerprint density at radius 1 is 1.19 bits per heavy atom. The smallest absolute Gasteiger partial charge is 0.255 e. The van der Waals surface area contributed by atoms with Crippen LogP contribution in [-0.4, -0.2) is 64.1 Å². The maximum atomic E-state index is 13.2. The summed E-state index contributed by atoms with van der Waals surface area (Å²) in [5.41, 5.74) is 1.75. The van der Waals surface area contributed by atoms with Gasteiger partial charge in [0.25, 0.3) is 5.91 Å². The molecule has 7 heteroatoms. The molecule has 2 bridgehead atoms. The topological polar surface area (TPSA) is 75.6 Å². The van der Waals surface area contributed by atoms with E-state index < -0.39 is 0 Å². The van der Waals surface area contributed by atoms with E-state index in [1.807, 2.05) is 17.0 Å². The van der Waals surface area contributed by atoms with E-state index in [1.165, 1.54) is 11.8 Å². The number of methoxy groups -OCH3 is 1. The molecule has 31 heavy (non-hydrogen) atoms. The summed E-state index contributed by atoms with van der Waals surface area (Å²) in [6.07, 6.45) is 7.56. The number of nitrogens with zero attached hydrogens (tertiary/aromatic N) is 4. The van der Waals surface area contributed by atoms with Crippen molar-refractivity contribution in [2.24, 2.45) is 11.8 Å². The monoisotopic (exact) mass is 420 g/mol. The van der Waals surface area contributed by atoms with Crippen molar-refractivity contribution < 1.29 is 14.3 Å². The van der Waals surface area contributed by atoms with Gasteiger partial charge in [-0.3, -0.25) is 9.59 Å². The van der Waals surface area contributed by atoms with Crippen LogP contribution in [0.2, 0.25) is 0 Å². The van der Waals surface area contributed by atoms with Crippen molar-refractivity contribution in [2.45, 2.75) is 44.2 Å². The highest BCUT2D eigenvalue weighted by Gasteiger charge is 2.50. The van der Waals surface area contributed by atoms with Crippen LogP contribution in [0.1, 0.15) is 41.6 Å². The lowest BCUT2D eigenvalue weighted by molar-refractivity contribution is -0.151. The fourth-order valence-electron chi connectivity index (χ4n) is 5.84. The number of carbonyl (C=O) groups excluding carboxylic acids is 2. The summed E-state index contributed by atoms with van der Waals surface area (Å²) in [7, 11) is 1.67. The first-order valence-corrected chi connectivity index (χ1v) is 11.1. The first-order chi connectivity index (χ1) is 15.1. The van der Waals surface area contributed by atoms with E-state index >= 15 is 0 Å². The molecule has 0 spiro atoms. The Balaban J connectivity index is 1.44. The molecule has 3 saturated heterocycles. The van der Waals surface area contributed by atoms with Crippen LogP contribution in [0, 0.1) is 11.8 Å². The van der Waals surface area contributed by atoms with Crippen LogP contribution in [0.25, 0.3) is 0 Å². The molecule has 0 radical (unpaired) electrons. The maximum Gasteiger partial charge on any atom is 0.255 e. The third-order valence-electron chi connectivity index (χ3n) is 7.19. The summed E-state index contributed by atoms with van der Waals surface area (Å²) in [5, 5.41) is 7.66. The first kappa shape index (κ1) is 20.0. The highest BCUT2D eigenvalue weighted by atomic mass is 16.5.